The fourth-order valence-corrected chi connectivity index (χ4v) is 4.07. The van der Waals surface area contributed by atoms with Crippen LogP contribution in [0.15, 0.2) is 71.1 Å². The normalized spacial score (nSPS) is 10.8. The van der Waals surface area contributed by atoms with Gasteiger partial charge in [-0.1, -0.05) is 31.9 Å². The van der Waals surface area contributed by atoms with E-state index in [1.54, 1.807) is 24.3 Å². The van der Waals surface area contributed by atoms with Crippen molar-refractivity contribution in [2.45, 2.75) is 45.4 Å². The molecule has 0 unspecified atom stereocenters. The summed E-state index contributed by atoms with van der Waals surface area (Å²) in [5, 5.41) is 28.5. The molecule has 6 heteroatoms. The van der Waals surface area contributed by atoms with Crippen LogP contribution in [0, 0.1) is 5.41 Å². The van der Waals surface area contributed by atoms with Gasteiger partial charge in [-0.25, -0.2) is 0 Å². The summed E-state index contributed by atoms with van der Waals surface area (Å²) in [5.41, 5.74) is 4.37. The first-order chi connectivity index (χ1) is 16.5. The number of furan rings is 1. The minimum absolute atomic E-state index is 0. The highest BCUT2D eigenvalue weighted by molar-refractivity contribution is 5.89. The first kappa shape index (κ1) is 26.2. The summed E-state index contributed by atoms with van der Waals surface area (Å²) in [4.78, 5) is 0. The SMILES string of the molecule is CCCCCC(=N)CCOc1ccc(Cc2c(-c3ccc(O)cc3)oc3cc(O)ccc23)cc1.Cl. The highest BCUT2D eigenvalue weighted by atomic mass is 35.5. The fraction of sp³-hybridized carbons (Fsp3) is 0.276. The lowest BCUT2D eigenvalue weighted by atomic mass is 9.98. The zero-order valence-corrected chi connectivity index (χ0v) is 20.7. The van der Waals surface area contributed by atoms with Crippen LogP contribution in [0.2, 0.25) is 0 Å². The van der Waals surface area contributed by atoms with Gasteiger partial charge in [-0.3, -0.25) is 0 Å². The maximum Gasteiger partial charge on any atom is 0.138 e. The van der Waals surface area contributed by atoms with E-state index in [1.807, 2.05) is 42.5 Å². The number of aromatic hydroxyl groups is 2. The number of phenols is 2. The molecule has 5 nitrogen and oxygen atoms in total. The molecule has 0 saturated heterocycles. The first-order valence-electron chi connectivity index (χ1n) is 11.9. The molecule has 0 aliphatic heterocycles. The predicted octanol–water partition coefficient (Wildman–Crippen LogP) is 7.89. The van der Waals surface area contributed by atoms with Gasteiger partial charge in [0.25, 0.3) is 0 Å². The summed E-state index contributed by atoms with van der Waals surface area (Å²) in [6, 6.07) is 20.1. The summed E-state index contributed by atoms with van der Waals surface area (Å²) in [6.07, 6.45) is 5.59. The number of rotatable bonds is 11. The second-order valence-electron chi connectivity index (χ2n) is 8.62. The minimum Gasteiger partial charge on any atom is -0.508 e. The van der Waals surface area contributed by atoms with Gasteiger partial charge in [-0.05, 0) is 66.9 Å². The third-order valence-electron chi connectivity index (χ3n) is 5.96. The third-order valence-corrected chi connectivity index (χ3v) is 5.96. The van der Waals surface area contributed by atoms with E-state index in [-0.39, 0.29) is 23.9 Å². The van der Waals surface area contributed by atoms with Gasteiger partial charge in [0.2, 0.25) is 0 Å². The van der Waals surface area contributed by atoms with Gasteiger partial charge < -0.3 is 24.8 Å². The van der Waals surface area contributed by atoms with E-state index in [4.69, 9.17) is 14.6 Å². The van der Waals surface area contributed by atoms with Gasteiger partial charge in [-0.2, -0.15) is 0 Å². The molecule has 1 aromatic heterocycles. The first-order valence-corrected chi connectivity index (χ1v) is 11.9. The van der Waals surface area contributed by atoms with Crippen LogP contribution in [0.25, 0.3) is 22.3 Å². The van der Waals surface area contributed by atoms with E-state index in [0.29, 0.717) is 25.0 Å². The van der Waals surface area contributed by atoms with E-state index >= 15 is 0 Å². The summed E-state index contributed by atoms with van der Waals surface area (Å²) >= 11 is 0. The molecule has 35 heavy (non-hydrogen) atoms. The van der Waals surface area contributed by atoms with Crippen LogP contribution in [0.1, 0.15) is 50.2 Å². The summed E-state index contributed by atoms with van der Waals surface area (Å²) in [6.45, 7) is 2.69. The molecule has 0 saturated carbocycles. The fourth-order valence-electron chi connectivity index (χ4n) is 4.07. The van der Waals surface area contributed by atoms with Gasteiger partial charge in [-0.15, -0.1) is 12.4 Å². The molecule has 184 valence electrons. The van der Waals surface area contributed by atoms with E-state index < -0.39 is 0 Å². The molecule has 0 spiro atoms. The van der Waals surface area contributed by atoms with Crippen molar-refractivity contribution in [1.29, 1.82) is 5.41 Å². The predicted molar refractivity (Wildman–Crippen MR) is 143 cm³/mol. The Hall–Kier alpha value is -3.44. The lowest BCUT2D eigenvalue weighted by Crippen LogP contribution is -2.05. The molecular formula is C29H32ClNO4. The number of fused-ring (bicyclic) bond motifs is 1. The van der Waals surface area contributed by atoms with Crippen molar-refractivity contribution in [2.75, 3.05) is 6.61 Å². The molecule has 3 N–H and O–H groups in total. The van der Waals surface area contributed by atoms with Crippen molar-refractivity contribution < 1.29 is 19.4 Å². The molecule has 0 bridgehead atoms. The molecule has 0 fully saturated rings. The van der Waals surface area contributed by atoms with Crippen molar-refractivity contribution in [3.05, 3.63) is 77.9 Å². The second-order valence-corrected chi connectivity index (χ2v) is 8.62. The zero-order chi connectivity index (χ0) is 23.9. The van der Waals surface area contributed by atoms with Crippen molar-refractivity contribution in [1.82, 2.24) is 0 Å². The number of phenolic OH excluding ortho intramolecular Hbond substituents is 2. The molecule has 3 aromatic carbocycles. The van der Waals surface area contributed by atoms with E-state index in [2.05, 4.69) is 6.92 Å². The number of ether oxygens (including phenoxy) is 1. The Morgan fingerprint density at radius 1 is 0.886 bits per heavy atom. The number of hydrogen-bond acceptors (Lipinski definition) is 5. The van der Waals surface area contributed by atoms with Crippen molar-refractivity contribution in [3.63, 3.8) is 0 Å². The number of hydrogen-bond donors (Lipinski definition) is 3. The van der Waals surface area contributed by atoms with Gasteiger partial charge >= 0.3 is 0 Å². The molecular weight excluding hydrogens is 462 g/mol. The molecule has 0 amide bonds. The van der Waals surface area contributed by atoms with Crippen LogP contribution in [0.4, 0.5) is 0 Å². The van der Waals surface area contributed by atoms with Crippen molar-refractivity contribution in [3.8, 4) is 28.6 Å². The van der Waals surface area contributed by atoms with E-state index in [0.717, 1.165) is 52.1 Å². The lowest BCUT2D eigenvalue weighted by Gasteiger charge is -2.09. The lowest BCUT2D eigenvalue weighted by molar-refractivity contribution is 0.328. The standard InChI is InChI=1S/C29H31NO4.ClH/c1-2-3-4-5-22(30)16-17-33-25-13-6-20(7-14-25)18-27-26-15-12-24(32)19-28(26)34-29(27)21-8-10-23(31)11-9-21;/h6-15,19,30-32H,2-5,16-18H2,1H3;1H. The Bertz CT molecular complexity index is 1250. The maximum atomic E-state index is 9.90. The second kappa shape index (κ2) is 12.3. The topological polar surface area (TPSA) is 86.7 Å². The molecule has 1 heterocycles. The zero-order valence-electron chi connectivity index (χ0n) is 19.9. The summed E-state index contributed by atoms with van der Waals surface area (Å²) in [7, 11) is 0. The highest BCUT2D eigenvalue weighted by Gasteiger charge is 2.17. The number of halogens is 1. The number of nitrogens with one attached hydrogen (secondary N) is 1. The summed E-state index contributed by atoms with van der Waals surface area (Å²) < 4.78 is 12.0. The van der Waals surface area contributed by atoms with Crippen LogP contribution in [0.5, 0.6) is 17.2 Å². The molecule has 0 aliphatic rings. The Balaban J connectivity index is 0.00000342. The largest absolute Gasteiger partial charge is 0.508 e. The Morgan fingerprint density at radius 2 is 1.60 bits per heavy atom. The smallest absolute Gasteiger partial charge is 0.138 e. The third kappa shape index (κ3) is 6.80. The average Bonchev–Trinajstić information content (AvgIpc) is 3.18. The number of unbranched alkanes of at least 4 members (excludes halogenated alkanes) is 2. The van der Waals surface area contributed by atoms with Gasteiger partial charge in [0, 0.05) is 41.1 Å². The Kier molecular flexibility index (Phi) is 9.21. The highest BCUT2D eigenvalue weighted by Crippen LogP contribution is 2.37. The minimum atomic E-state index is 0. The molecule has 0 aliphatic carbocycles. The quantitative estimate of drug-likeness (QED) is 0.146. The van der Waals surface area contributed by atoms with Crippen molar-refractivity contribution >= 4 is 29.1 Å². The number of benzene rings is 3. The van der Waals surface area contributed by atoms with Crippen LogP contribution in [-0.4, -0.2) is 22.5 Å². The van der Waals surface area contributed by atoms with Gasteiger partial charge in [0.05, 0.1) is 6.61 Å². The Morgan fingerprint density at radius 3 is 2.31 bits per heavy atom. The Labute approximate surface area is 212 Å². The van der Waals surface area contributed by atoms with Crippen molar-refractivity contribution in [2.24, 2.45) is 0 Å². The van der Waals surface area contributed by atoms with Gasteiger partial charge in [0.1, 0.15) is 28.6 Å². The maximum absolute atomic E-state index is 9.90. The van der Waals surface area contributed by atoms with Crippen LogP contribution >= 0.6 is 12.4 Å². The monoisotopic (exact) mass is 493 g/mol. The average molecular weight is 494 g/mol. The summed E-state index contributed by atoms with van der Waals surface area (Å²) in [5.74, 6) is 1.88. The molecule has 4 rings (SSSR count). The van der Waals surface area contributed by atoms with E-state index in [1.165, 1.54) is 12.8 Å². The molecule has 0 radical (unpaired) electrons. The van der Waals surface area contributed by atoms with Gasteiger partial charge in [0.15, 0.2) is 0 Å². The van der Waals surface area contributed by atoms with Crippen LogP contribution < -0.4 is 4.74 Å². The van der Waals surface area contributed by atoms with Crippen LogP contribution in [0.3, 0.4) is 0 Å². The van der Waals surface area contributed by atoms with Crippen LogP contribution in [-0.2, 0) is 6.42 Å². The van der Waals surface area contributed by atoms with E-state index in [9.17, 15) is 10.2 Å². The molecule has 4 aromatic rings. The molecule has 0 atom stereocenters.